The van der Waals surface area contributed by atoms with Gasteiger partial charge in [0.15, 0.2) is 0 Å². The van der Waals surface area contributed by atoms with Crippen LogP contribution in [-0.2, 0) is 29.2 Å². The zero-order chi connectivity index (χ0) is 22.7. The number of ether oxygens (including phenoxy) is 2. The van der Waals surface area contributed by atoms with Gasteiger partial charge in [0.05, 0.1) is 0 Å². The Morgan fingerprint density at radius 1 is 0.871 bits per heavy atom. The Morgan fingerprint density at radius 2 is 1.52 bits per heavy atom. The molecule has 0 aliphatic rings. The van der Waals surface area contributed by atoms with Crippen LogP contribution in [-0.4, -0.2) is 42.8 Å². The Bertz CT molecular complexity index is 817. The molecule has 0 heterocycles. The first-order chi connectivity index (χ1) is 14.7. The molecule has 2 N–H and O–H groups in total. The van der Waals surface area contributed by atoms with E-state index in [1.165, 1.54) is 0 Å². The summed E-state index contributed by atoms with van der Waals surface area (Å²) in [5, 5.41) is 5.52. The number of carbonyl (C=O) groups excluding carboxylic acids is 2. The van der Waals surface area contributed by atoms with Gasteiger partial charge in [-0.05, 0) is 44.5 Å². The van der Waals surface area contributed by atoms with E-state index in [2.05, 4.69) is 15.5 Å². The summed E-state index contributed by atoms with van der Waals surface area (Å²) >= 11 is 0. The normalized spacial score (nSPS) is 11.1. The molecule has 0 saturated heterocycles. The van der Waals surface area contributed by atoms with Crippen LogP contribution in [0.15, 0.2) is 54.6 Å². The fourth-order valence-electron chi connectivity index (χ4n) is 2.76. The average molecular weight is 428 g/mol. The number of benzene rings is 2. The Kier molecular flexibility index (Phi) is 9.34. The highest BCUT2D eigenvalue weighted by atomic mass is 16.6. The first kappa shape index (κ1) is 24.2. The first-order valence-electron chi connectivity index (χ1n) is 10.4. The molecule has 0 aliphatic carbocycles. The molecule has 168 valence electrons. The lowest BCUT2D eigenvalue weighted by atomic mass is 10.1. The monoisotopic (exact) mass is 427 g/mol. The van der Waals surface area contributed by atoms with Gasteiger partial charge in [0.25, 0.3) is 0 Å². The fourth-order valence-corrected chi connectivity index (χ4v) is 2.76. The van der Waals surface area contributed by atoms with Crippen molar-refractivity contribution in [2.45, 2.75) is 46.1 Å². The summed E-state index contributed by atoms with van der Waals surface area (Å²) in [5.74, 6) is 0. The number of hydrogen-bond acceptors (Lipinski definition) is 5. The van der Waals surface area contributed by atoms with Crippen molar-refractivity contribution in [3.8, 4) is 0 Å². The maximum absolute atomic E-state index is 11.8. The average Bonchev–Trinajstić information content (AvgIpc) is 2.71. The molecule has 2 amide bonds. The molecule has 0 spiro atoms. The zero-order valence-corrected chi connectivity index (χ0v) is 18.8. The third-order valence-corrected chi connectivity index (χ3v) is 4.29. The molecule has 0 unspecified atom stereocenters. The quantitative estimate of drug-likeness (QED) is 0.631. The first-order valence-corrected chi connectivity index (χ1v) is 10.4. The number of amides is 2. The number of hydrogen-bond donors (Lipinski definition) is 2. The van der Waals surface area contributed by atoms with Gasteiger partial charge in [-0.15, -0.1) is 0 Å². The summed E-state index contributed by atoms with van der Waals surface area (Å²) in [4.78, 5) is 25.6. The van der Waals surface area contributed by atoms with Gasteiger partial charge in [0.2, 0.25) is 0 Å². The second kappa shape index (κ2) is 12.0. The van der Waals surface area contributed by atoms with E-state index in [4.69, 9.17) is 9.47 Å². The minimum Gasteiger partial charge on any atom is -0.445 e. The van der Waals surface area contributed by atoms with Gasteiger partial charge in [-0.3, -0.25) is 0 Å². The lowest BCUT2D eigenvalue weighted by Crippen LogP contribution is -2.33. The molecule has 2 rings (SSSR count). The molecule has 7 nitrogen and oxygen atoms in total. The van der Waals surface area contributed by atoms with Crippen LogP contribution in [0.1, 0.15) is 37.5 Å². The van der Waals surface area contributed by atoms with Crippen LogP contribution in [0.3, 0.4) is 0 Å². The molecule has 2 aromatic rings. The van der Waals surface area contributed by atoms with Crippen LogP contribution in [0.5, 0.6) is 0 Å². The van der Waals surface area contributed by atoms with Gasteiger partial charge in [-0.2, -0.15) is 0 Å². The maximum Gasteiger partial charge on any atom is 0.407 e. The van der Waals surface area contributed by atoms with E-state index < -0.39 is 17.8 Å². The van der Waals surface area contributed by atoms with Crippen molar-refractivity contribution in [3.05, 3.63) is 71.3 Å². The van der Waals surface area contributed by atoms with E-state index >= 15 is 0 Å². The lowest BCUT2D eigenvalue weighted by Gasteiger charge is -2.20. The maximum atomic E-state index is 11.8. The molecule has 0 fully saturated rings. The van der Waals surface area contributed by atoms with Crippen LogP contribution in [0.4, 0.5) is 9.59 Å². The Balaban J connectivity index is 1.63. The summed E-state index contributed by atoms with van der Waals surface area (Å²) in [7, 11) is 1.99. The van der Waals surface area contributed by atoms with E-state index in [-0.39, 0.29) is 6.61 Å². The van der Waals surface area contributed by atoms with E-state index in [0.717, 1.165) is 23.2 Å². The Labute approximate surface area is 184 Å². The number of rotatable bonds is 9. The summed E-state index contributed by atoms with van der Waals surface area (Å²) in [5.41, 5.74) is 2.60. The van der Waals surface area contributed by atoms with Crippen molar-refractivity contribution in [2.75, 3.05) is 20.1 Å². The summed E-state index contributed by atoms with van der Waals surface area (Å²) in [6.45, 7) is 8.13. The van der Waals surface area contributed by atoms with Crippen molar-refractivity contribution in [2.24, 2.45) is 0 Å². The minimum atomic E-state index is -0.508. The smallest absolute Gasteiger partial charge is 0.407 e. The Morgan fingerprint density at radius 3 is 2.16 bits per heavy atom. The van der Waals surface area contributed by atoms with Gasteiger partial charge in [0.1, 0.15) is 12.2 Å². The topological polar surface area (TPSA) is 79.9 Å². The highest BCUT2D eigenvalue weighted by Gasteiger charge is 2.15. The van der Waals surface area contributed by atoms with Crippen LogP contribution in [0, 0.1) is 0 Å². The largest absolute Gasteiger partial charge is 0.445 e. The zero-order valence-electron chi connectivity index (χ0n) is 18.8. The third kappa shape index (κ3) is 10.5. The van der Waals surface area contributed by atoms with Gasteiger partial charge in [-0.25, -0.2) is 9.59 Å². The number of likely N-dealkylation sites (N-methyl/N-ethyl adjacent to an activating group) is 1. The highest BCUT2D eigenvalue weighted by molar-refractivity contribution is 5.67. The Hall–Kier alpha value is -3.06. The molecule has 0 aromatic heterocycles. The number of nitrogens with zero attached hydrogens (tertiary/aromatic N) is 1. The van der Waals surface area contributed by atoms with Crippen molar-refractivity contribution in [1.29, 1.82) is 0 Å². The predicted molar refractivity (Wildman–Crippen MR) is 120 cm³/mol. The van der Waals surface area contributed by atoms with Crippen molar-refractivity contribution < 1.29 is 19.1 Å². The highest BCUT2D eigenvalue weighted by Crippen LogP contribution is 2.09. The van der Waals surface area contributed by atoms with Crippen LogP contribution < -0.4 is 10.6 Å². The number of carbonyl (C=O) groups is 2. The third-order valence-electron chi connectivity index (χ3n) is 4.29. The van der Waals surface area contributed by atoms with Gasteiger partial charge >= 0.3 is 12.2 Å². The summed E-state index contributed by atoms with van der Waals surface area (Å²) < 4.78 is 10.4. The van der Waals surface area contributed by atoms with Crippen LogP contribution >= 0.6 is 0 Å². The molecule has 0 aliphatic heterocycles. The van der Waals surface area contributed by atoms with Gasteiger partial charge in [-0.1, -0.05) is 54.6 Å². The van der Waals surface area contributed by atoms with Crippen molar-refractivity contribution in [1.82, 2.24) is 15.5 Å². The fraction of sp³-hybridized carbons (Fsp3) is 0.417. The lowest BCUT2D eigenvalue weighted by molar-refractivity contribution is 0.0523. The molecule has 7 heteroatoms. The molecule has 0 atom stereocenters. The van der Waals surface area contributed by atoms with E-state index in [0.29, 0.717) is 19.6 Å². The second-order valence-electron chi connectivity index (χ2n) is 8.40. The van der Waals surface area contributed by atoms with Crippen molar-refractivity contribution >= 4 is 12.2 Å². The van der Waals surface area contributed by atoms with Gasteiger partial charge in [0, 0.05) is 26.2 Å². The second-order valence-corrected chi connectivity index (χ2v) is 8.40. The standard InChI is InChI=1S/C24H33N3O4/c1-24(2,3)31-23(29)26-16-19-10-12-20(13-11-19)17-27(4)15-14-25-22(28)30-18-21-8-6-5-7-9-21/h5-13H,14-18H2,1-4H3,(H,25,28)(H,26,29). The molecule has 0 saturated carbocycles. The molecule has 0 radical (unpaired) electrons. The minimum absolute atomic E-state index is 0.262. The SMILES string of the molecule is CN(CCNC(=O)OCc1ccccc1)Cc1ccc(CNC(=O)OC(C)(C)C)cc1. The van der Waals surface area contributed by atoms with E-state index in [1.807, 2.05) is 82.4 Å². The molecular formula is C24H33N3O4. The summed E-state index contributed by atoms with van der Waals surface area (Å²) in [6, 6.07) is 17.6. The predicted octanol–water partition coefficient (Wildman–Crippen LogP) is 4.07. The molecule has 0 bridgehead atoms. The van der Waals surface area contributed by atoms with E-state index in [9.17, 15) is 9.59 Å². The number of alkyl carbamates (subject to hydrolysis) is 2. The van der Waals surface area contributed by atoms with E-state index in [1.54, 1.807) is 0 Å². The van der Waals surface area contributed by atoms with Crippen molar-refractivity contribution in [3.63, 3.8) is 0 Å². The van der Waals surface area contributed by atoms with Crippen LogP contribution in [0.2, 0.25) is 0 Å². The molecule has 31 heavy (non-hydrogen) atoms. The van der Waals surface area contributed by atoms with Crippen LogP contribution in [0.25, 0.3) is 0 Å². The number of nitrogens with one attached hydrogen (secondary N) is 2. The molecular weight excluding hydrogens is 394 g/mol. The van der Waals surface area contributed by atoms with Gasteiger partial charge < -0.3 is 25.0 Å². The molecule has 2 aromatic carbocycles. The summed E-state index contributed by atoms with van der Waals surface area (Å²) in [6.07, 6.45) is -0.842.